The second-order valence-electron chi connectivity index (χ2n) is 7.57. The number of hydrogen-bond acceptors (Lipinski definition) is 3. The highest BCUT2D eigenvalue weighted by molar-refractivity contribution is 9.10. The van der Waals surface area contributed by atoms with E-state index in [2.05, 4.69) is 21.2 Å². The minimum atomic E-state index is -0.249. The van der Waals surface area contributed by atoms with E-state index < -0.39 is 0 Å². The van der Waals surface area contributed by atoms with Gasteiger partial charge in [-0.15, -0.1) is 0 Å². The lowest BCUT2D eigenvalue weighted by molar-refractivity contribution is -0.140. The third kappa shape index (κ3) is 6.52. The molecule has 1 aliphatic heterocycles. The van der Waals surface area contributed by atoms with Gasteiger partial charge in [-0.3, -0.25) is 14.4 Å². The molecule has 0 aromatic heterocycles. The van der Waals surface area contributed by atoms with Crippen LogP contribution in [0.15, 0.2) is 65.1 Å². The van der Waals surface area contributed by atoms with Crippen molar-refractivity contribution >= 4 is 45.4 Å². The van der Waals surface area contributed by atoms with Gasteiger partial charge >= 0.3 is 0 Å². The van der Waals surface area contributed by atoms with Gasteiger partial charge in [-0.05, 0) is 52.5 Å². The zero-order valence-electron chi connectivity index (χ0n) is 17.5. The van der Waals surface area contributed by atoms with Gasteiger partial charge in [0.1, 0.15) is 0 Å². The first-order valence-corrected chi connectivity index (χ1v) is 11.0. The number of carbonyl (C=O) groups is 3. The predicted octanol–water partition coefficient (Wildman–Crippen LogP) is 3.80. The summed E-state index contributed by atoms with van der Waals surface area (Å²) < 4.78 is 0.788. The summed E-state index contributed by atoms with van der Waals surface area (Å²) in [7, 11) is 1.64. The van der Waals surface area contributed by atoms with Crippen LogP contribution in [0.1, 0.15) is 18.4 Å². The molecule has 2 aromatic rings. The molecule has 0 aliphatic carbocycles. The average Bonchev–Trinajstić information content (AvgIpc) is 2.79. The molecule has 31 heavy (non-hydrogen) atoms. The van der Waals surface area contributed by atoms with Crippen molar-refractivity contribution in [3.63, 3.8) is 0 Å². The molecule has 0 saturated carbocycles. The monoisotopic (exact) mass is 483 g/mol. The Labute approximate surface area is 191 Å². The first kappa shape index (κ1) is 22.7. The summed E-state index contributed by atoms with van der Waals surface area (Å²) in [5.41, 5.74) is 1.65. The maximum atomic E-state index is 12.8. The van der Waals surface area contributed by atoms with Gasteiger partial charge in [0.25, 0.3) is 0 Å². The molecule has 2 aromatic carbocycles. The fraction of sp³-hybridized carbons (Fsp3) is 0.292. The molecule has 7 heteroatoms. The van der Waals surface area contributed by atoms with E-state index in [0.717, 1.165) is 10.0 Å². The molecule has 162 valence electrons. The van der Waals surface area contributed by atoms with Crippen molar-refractivity contribution in [2.75, 3.05) is 32.0 Å². The number of anilines is 1. The summed E-state index contributed by atoms with van der Waals surface area (Å²) in [6.45, 7) is 1.05. The lowest BCUT2D eigenvalue weighted by Crippen LogP contribution is -2.44. The van der Waals surface area contributed by atoms with Gasteiger partial charge in [0.05, 0.1) is 12.2 Å². The Morgan fingerprint density at radius 3 is 2.39 bits per heavy atom. The molecule has 0 atom stereocenters. The van der Waals surface area contributed by atoms with Crippen LogP contribution >= 0.6 is 15.9 Å². The molecule has 1 saturated heterocycles. The largest absolute Gasteiger partial charge is 0.339 e. The number of benzene rings is 2. The van der Waals surface area contributed by atoms with Crippen LogP contribution < -0.4 is 5.32 Å². The molecular weight excluding hydrogens is 458 g/mol. The Hall–Kier alpha value is -2.93. The lowest BCUT2D eigenvalue weighted by atomic mass is 9.95. The third-order valence-corrected chi connectivity index (χ3v) is 5.97. The van der Waals surface area contributed by atoms with Gasteiger partial charge in [0, 0.05) is 36.6 Å². The van der Waals surface area contributed by atoms with Crippen LogP contribution in [0.25, 0.3) is 6.08 Å². The van der Waals surface area contributed by atoms with Gasteiger partial charge in [0.2, 0.25) is 17.7 Å². The Morgan fingerprint density at radius 1 is 1.06 bits per heavy atom. The smallest absolute Gasteiger partial charge is 0.246 e. The zero-order chi connectivity index (χ0) is 22.2. The van der Waals surface area contributed by atoms with E-state index in [-0.39, 0.29) is 30.2 Å². The number of para-hydroxylation sites is 1. The Kier molecular flexibility index (Phi) is 8.00. The van der Waals surface area contributed by atoms with Crippen LogP contribution in [0, 0.1) is 5.92 Å². The molecule has 0 bridgehead atoms. The van der Waals surface area contributed by atoms with Gasteiger partial charge in [-0.25, -0.2) is 0 Å². The van der Waals surface area contributed by atoms with Crippen molar-refractivity contribution in [2.24, 2.45) is 5.92 Å². The Bertz CT molecular complexity index is 954. The normalized spacial score (nSPS) is 14.5. The number of likely N-dealkylation sites (tertiary alicyclic amines) is 1. The van der Waals surface area contributed by atoms with Crippen LogP contribution in [0.5, 0.6) is 0 Å². The number of nitrogens with one attached hydrogen (secondary N) is 1. The topological polar surface area (TPSA) is 69.7 Å². The third-order valence-electron chi connectivity index (χ3n) is 5.28. The van der Waals surface area contributed by atoms with E-state index in [4.69, 9.17) is 0 Å². The molecule has 6 nitrogen and oxygen atoms in total. The fourth-order valence-corrected chi connectivity index (χ4v) is 3.93. The number of amides is 3. The maximum Gasteiger partial charge on any atom is 0.246 e. The van der Waals surface area contributed by atoms with E-state index in [1.54, 1.807) is 30.2 Å². The number of carbonyl (C=O) groups excluding carboxylic acids is 3. The average molecular weight is 484 g/mol. The standard InChI is InChI=1S/C24H26BrN3O3/c1-27(17-22(29)26-21-10-6-5-9-20(21)25)24(31)19-13-15-28(16-14-19)23(30)12-11-18-7-3-2-4-8-18/h2-12,19H,13-17H2,1H3,(H,26,29)/b12-11+. The fourth-order valence-electron chi connectivity index (χ4n) is 3.54. The van der Waals surface area contributed by atoms with Crippen molar-refractivity contribution in [2.45, 2.75) is 12.8 Å². The van der Waals surface area contributed by atoms with E-state index >= 15 is 0 Å². The quantitative estimate of drug-likeness (QED) is 0.635. The predicted molar refractivity (Wildman–Crippen MR) is 125 cm³/mol. The number of rotatable bonds is 6. The van der Waals surface area contributed by atoms with E-state index in [0.29, 0.717) is 31.6 Å². The SMILES string of the molecule is CN(CC(=O)Nc1ccccc1Br)C(=O)C1CCN(C(=O)/C=C/c2ccccc2)CC1. The van der Waals surface area contributed by atoms with Crippen LogP contribution in [-0.4, -0.2) is 54.2 Å². The summed E-state index contributed by atoms with van der Waals surface area (Å²) in [5.74, 6) is -0.532. The second kappa shape index (κ2) is 10.9. The van der Waals surface area contributed by atoms with Gasteiger partial charge in [-0.1, -0.05) is 42.5 Å². The van der Waals surface area contributed by atoms with E-state index in [9.17, 15) is 14.4 Å². The zero-order valence-corrected chi connectivity index (χ0v) is 19.0. The van der Waals surface area contributed by atoms with Crippen molar-refractivity contribution in [1.29, 1.82) is 0 Å². The number of halogens is 1. The van der Waals surface area contributed by atoms with Crippen molar-refractivity contribution in [1.82, 2.24) is 9.80 Å². The van der Waals surface area contributed by atoms with Gasteiger partial charge in [-0.2, -0.15) is 0 Å². The molecular formula is C24H26BrN3O3. The number of hydrogen-bond donors (Lipinski definition) is 1. The summed E-state index contributed by atoms with van der Waals surface area (Å²) >= 11 is 3.39. The second-order valence-corrected chi connectivity index (χ2v) is 8.42. The van der Waals surface area contributed by atoms with Crippen molar-refractivity contribution in [3.05, 3.63) is 70.7 Å². The van der Waals surface area contributed by atoms with Crippen LogP contribution in [0.2, 0.25) is 0 Å². The molecule has 0 unspecified atom stereocenters. The molecule has 3 rings (SSSR count). The Balaban J connectivity index is 1.45. The first-order chi connectivity index (χ1) is 14.9. The minimum absolute atomic E-state index is 0.0148. The summed E-state index contributed by atoms with van der Waals surface area (Å²) in [5, 5.41) is 2.81. The summed E-state index contributed by atoms with van der Waals surface area (Å²) in [4.78, 5) is 40.7. The summed E-state index contributed by atoms with van der Waals surface area (Å²) in [6.07, 6.45) is 4.58. The highest BCUT2D eigenvalue weighted by atomic mass is 79.9. The van der Waals surface area contributed by atoms with E-state index in [1.807, 2.05) is 48.5 Å². The van der Waals surface area contributed by atoms with Crippen LogP contribution in [0.3, 0.4) is 0 Å². The highest BCUT2D eigenvalue weighted by Crippen LogP contribution is 2.22. The van der Waals surface area contributed by atoms with Crippen molar-refractivity contribution in [3.8, 4) is 0 Å². The maximum absolute atomic E-state index is 12.8. The highest BCUT2D eigenvalue weighted by Gasteiger charge is 2.29. The number of likely N-dealkylation sites (N-methyl/N-ethyl adjacent to an activating group) is 1. The molecule has 3 amide bonds. The minimum Gasteiger partial charge on any atom is -0.339 e. The summed E-state index contributed by atoms with van der Waals surface area (Å²) in [6, 6.07) is 17.0. The molecule has 1 heterocycles. The van der Waals surface area contributed by atoms with Gasteiger partial charge < -0.3 is 15.1 Å². The Morgan fingerprint density at radius 2 is 1.71 bits per heavy atom. The van der Waals surface area contributed by atoms with E-state index in [1.165, 1.54) is 4.90 Å². The lowest BCUT2D eigenvalue weighted by Gasteiger charge is -2.32. The van der Waals surface area contributed by atoms with Crippen molar-refractivity contribution < 1.29 is 14.4 Å². The van der Waals surface area contributed by atoms with Crippen LogP contribution in [-0.2, 0) is 14.4 Å². The molecule has 0 radical (unpaired) electrons. The molecule has 1 aliphatic rings. The number of piperidine rings is 1. The molecule has 0 spiro atoms. The van der Waals surface area contributed by atoms with Crippen LogP contribution in [0.4, 0.5) is 5.69 Å². The number of nitrogens with zero attached hydrogens (tertiary/aromatic N) is 2. The molecule has 1 N–H and O–H groups in total. The van der Waals surface area contributed by atoms with Gasteiger partial charge in [0.15, 0.2) is 0 Å². The molecule has 1 fully saturated rings. The first-order valence-electron chi connectivity index (χ1n) is 10.3.